The fourth-order valence-corrected chi connectivity index (χ4v) is 5.99. The van der Waals surface area contributed by atoms with Crippen molar-refractivity contribution in [2.24, 2.45) is 0 Å². The lowest BCUT2D eigenvalue weighted by molar-refractivity contribution is 0.768. The standard InChI is InChI=1S/C36H26N2/c1-25-13-17-29(18-14-25)36(28-9-3-2-4-10-28)32-23-26(34-11-5-7-21-37-34)15-19-30(32)31-20-16-27(24-33(31)36)35-12-6-8-22-38-35/h2-24H,1H3. The summed E-state index contributed by atoms with van der Waals surface area (Å²) in [7, 11) is 0. The molecule has 1 aliphatic carbocycles. The van der Waals surface area contributed by atoms with Crippen LogP contribution in [0.1, 0.15) is 27.8 Å². The fraction of sp³-hybridized carbons (Fsp3) is 0.0556. The molecule has 2 heterocycles. The summed E-state index contributed by atoms with van der Waals surface area (Å²) in [5.41, 5.74) is 12.6. The molecule has 0 saturated carbocycles. The third-order valence-corrected chi connectivity index (χ3v) is 7.75. The predicted octanol–water partition coefficient (Wildman–Crippen LogP) is 8.48. The summed E-state index contributed by atoms with van der Waals surface area (Å²) in [6.07, 6.45) is 3.72. The summed E-state index contributed by atoms with van der Waals surface area (Å²) in [6, 6.07) is 45.8. The van der Waals surface area contributed by atoms with Crippen LogP contribution in [-0.2, 0) is 5.41 Å². The third kappa shape index (κ3) is 3.42. The van der Waals surface area contributed by atoms with Crippen LogP contribution in [0.3, 0.4) is 0 Å². The zero-order chi connectivity index (χ0) is 25.5. The first kappa shape index (κ1) is 22.4. The van der Waals surface area contributed by atoms with E-state index < -0.39 is 5.41 Å². The molecule has 0 amide bonds. The maximum absolute atomic E-state index is 4.67. The molecule has 0 radical (unpaired) electrons. The Hall–Kier alpha value is -4.82. The van der Waals surface area contributed by atoms with Crippen LogP contribution in [-0.4, -0.2) is 9.97 Å². The van der Waals surface area contributed by atoms with Crippen LogP contribution in [0.25, 0.3) is 33.6 Å². The largest absolute Gasteiger partial charge is 0.256 e. The Balaban J connectivity index is 1.59. The maximum atomic E-state index is 4.67. The average molecular weight is 487 g/mol. The van der Waals surface area contributed by atoms with Gasteiger partial charge in [-0.15, -0.1) is 0 Å². The fourth-order valence-electron chi connectivity index (χ4n) is 5.99. The second kappa shape index (κ2) is 8.93. The Morgan fingerprint density at radius 2 is 0.974 bits per heavy atom. The van der Waals surface area contributed by atoms with Gasteiger partial charge in [0.15, 0.2) is 0 Å². The van der Waals surface area contributed by atoms with E-state index >= 15 is 0 Å². The first-order chi connectivity index (χ1) is 18.7. The van der Waals surface area contributed by atoms with Crippen LogP contribution >= 0.6 is 0 Å². The van der Waals surface area contributed by atoms with Gasteiger partial charge in [0.1, 0.15) is 0 Å². The van der Waals surface area contributed by atoms with E-state index in [9.17, 15) is 0 Å². The molecule has 0 bridgehead atoms. The van der Waals surface area contributed by atoms with E-state index in [1.165, 1.54) is 38.9 Å². The zero-order valence-corrected chi connectivity index (χ0v) is 21.2. The summed E-state index contributed by atoms with van der Waals surface area (Å²) in [5, 5.41) is 0. The molecule has 180 valence electrons. The van der Waals surface area contributed by atoms with E-state index in [0.717, 1.165) is 22.5 Å². The van der Waals surface area contributed by atoms with Crippen molar-refractivity contribution in [2.75, 3.05) is 0 Å². The average Bonchev–Trinajstić information content (AvgIpc) is 3.29. The minimum Gasteiger partial charge on any atom is -0.256 e. The van der Waals surface area contributed by atoms with E-state index in [4.69, 9.17) is 0 Å². The van der Waals surface area contributed by atoms with Crippen molar-refractivity contribution in [1.29, 1.82) is 0 Å². The molecular formula is C36H26N2. The Labute approximate surface area is 223 Å². The number of pyridine rings is 2. The molecule has 0 unspecified atom stereocenters. The van der Waals surface area contributed by atoms with Gasteiger partial charge in [-0.1, -0.05) is 96.6 Å². The van der Waals surface area contributed by atoms with E-state index in [-0.39, 0.29) is 0 Å². The Morgan fingerprint density at radius 3 is 1.47 bits per heavy atom. The lowest BCUT2D eigenvalue weighted by Gasteiger charge is -2.34. The van der Waals surface area contributed by atoms with Crippen LogP contribution < -0.4 is 0 Å². The van der Waals surface area contributed by atoms with E-state index in [1.54, 1.807) is 0 Å². The van der Waals surface area contributed by atoms with Gasteiger partial charge in [0.2, 0.25) is 0 Å². The first-order valence-corrected chi connectivity index (χ1v) is 13.0. The van der Waals surface area contributed by atoms with Gasteiger partial charge >= 0.3 is 0 Å². The highest BCUT2D eigenvalue weighted by Crippen LogP contribution is 2.57. The lowest BCUT2D eigenvalue weighted by atomic mass is 9.67. The smallest absolute Gasteiger partial charge is 0.0714 e. The SMILES string of the molecule is Cc1ccc(C2(c3ccccc3)c3cc(-c4ccccn4)ccc3-c3ccc(-c4ccccn4)cc32)cc1. The van der Waals surface area contributed by atoms with Crippen molar-refractivity contribution in [3.05, 3.63) is 168 Å². The third-order valence-electron chi connectivity index (χ3n) is 7.75. The molecule has 7 rings (SSSR count). The number of aromatic nitrogens is 2. The number of fused-ring (bicyclic) bond motifs is 3. The van der Waals surface area contributed by atoms with Crippen molar-refractivity contribution in [1.82, 2.24) is 9.97 Å². The highest BCUT2D eigenvalue weighted by atomic mass is 14.7. The monoisotopic (exact) mass is 486 g/mol. The summed E-state index contributed by atoms with van der Waals surface area (Å²) in [5.74, 6) is 0. The molecule has 2 heteroatoms. The van der Waals surface area contributed by atoms with E-state index in [2.05, 4.69) is 120 Å². The van der Waals surface area contributed by atoms with Crippen molar-refractivity contribution >= 4 is 0 Å². The van der Waals surface area contributed by atoms with Gasteiger partial charge in [0.25, 0.3) is 0 Å². The molecular weight excluding hydrogens is 460 g/mol. The van der Waals surface area contributed by atoms with Gasteiger partial charge in [-0.2, -0.15) is 0 Å². The topological polar surface area (TPSA) is 25.8 Å². The van der Waals surface area contributed by atoms with Crippen molar-refractivity contribution in [3.63, 3.8) is 0 Å². The van der Waals surface area contributed by atoms with Crippen molar-refractivity contribution < 1.29 is 0 Å². The zero-order valence-electron chi connectivity index (χ0n) is 21.2. The molecule has 0 saturated heterocycles. The number of hydrogen-bond donors (Lipinski definition) is 0. The van der Waals surface area contributed by atoms with Crippen molar-refractivity contribution in [3.8, 4) is 33.6 Å². The molecule has 2 aromatic heterocycles. The summed E-state index contributed by atoms with van der Waals surface area (Å²) >= 11 is 0. The van der Waals surface area contributed by atoms with Gasteiger partial charge in [-0.05, 0) is 76.7 Å². The Bertz CT molecular complexity index is 1650. The van der Waals surface area contributed by atoms with Crippen LogP contribution in [0, 0.1) is 6.92 Å². The Kier molecular flexibility index (Phi) is 5.26. The highest BCUT2D eigenvalue weighted by Gasteiger charge is 2.46. The molecule has 2 nitrogen and oxygen atoms in total. The predicted molar refractivity (Wildman–Crippen MR) is 155 cm³/mol. The van der Waals surface area contributed by atoms with Gasteiger partial charge < -0.3 is 0 Å². The molecule has 38 heavy (non-hydrogen) atoms. The minimum absolute atomic E-state index is 0.477. The Morgan fingerprint density at radius 1 is 0.474 bits per heavy atom. The van der Waals surface area contributed by atoms with Crippen molar-refractivity contribution in [2.45, 2.75) is 12.3 Å². The lowest BCUT2D eigenvalue weighted by Crippen LogP contribution is -2.28. The molecule has 0 aliphatic heterocycles. The van der Waals surface area contributed by atoms with Crippen LogP contribution in [0.4, 0.5) is 0 Å². The second-order valence-electron chi connectivity index (χ2n) is 9.93. The number of nitrogens with zero attached hydrogens (tertiary/aromatic N) is 2. The first-order valence-electron chi connectivity index (χ1n) is 13.0. The molecule has 1 aliphatic rings. The van der Waals surface area contributed by atoms with Crippen LogP contribution in [0.5, 0.6) is 0 Å². The highest BCUT2D eigenvalue weighted by molar-refractivity contribution is 5.89. The molecule has 0 N–H and O–H groups in total. The molecule has 0 atom stereocenters. The maximum Gasteiger partial charge on any atom is 0.0714 e. The van der Waals surface area contributed by atoms with Gasteiger partial charge in [0.05, 0.1) is 16.8 Å². The summed E-state index contributed by atoms with van der Waals surface area (Å²) in [6.45, 7) is 2.15. The number of aryl methyl sites for hydroxylation is 1. The van der Waals surface area contributed by atoms with E-state index in [0.29, 0.717) is 0 Å². The molecule has 0 spiro atoms. The van der Waals surface area contributed by atoms with Gasteiger partial charge in [0, 0.05) is 23.5 Å². The van der Waals surface area contributed by atoms with Crippen LogP contribution in [0.15, 0.2) is 140 Å². The van der Waals surface area contributed by atoms with Gasteiger partial charge in [-0.25, -0.2) is 0 Å². The summed E-state index contributed by atoms with van der Waals surface area (Å²) in [4.78, 5) is 9.35. The number of rotatable bonds is 4. The normalized spacial score (nSPS) is 13.1. The quantitative estimate of drug-likeness (QED) is 0.249. The molecule has 0 fully saturated rings. The number of benzene rings is 4. The second-order valence-corrected chi connectivity index (χ2v) is 9.93. The number of hydrogen-bond acceptors (Lipinski definition) is 2. The van der Waals surface area contributed by atoms with Gasteiger partial charge in [-0.3, -0.25) is 9.97 Å². The molecule has 4 aromatic carbocycles. The van der Waals surface area contributed by atoms with E-state index in [1.807, 2.05) is 36.7 Å². The van der Waals surface area contributed by atoms with Crippen LogP contribution in [0.2, 0.25) is 0 Å². The molecule has 6 aromatic rings. The summed E-state index contributed by atoms with van der Waals surface area (Å²) < 4.78 is 0. The minimum atomic E-state index is -0.477.